The Hall–Kier alpha value is -3.54. The molecule has 1 aliphatic rings. The highest BCUT2D eigenvalue weighted by Crippen LogP contribution is 2.39. The number of rotatable bonds is 5. The number of carbonyl (C=O) groups is 1. The second kappa shape index (κ2) is 7.95. The Morgan fingerprint density at radius 1 is 1.16 bits per heavy atom. The van der Waals surface area contributed by atoms with E-state index in [0.29, 0.717) is 13.2 Å². The molecule has 1 atom stereocenters. The van der Waals surface area contributed by atoms with E-state index in [-0.39, 0.29) is 18.5 Å². The van der Waals surface area contributed by atoms with Crippen LogP contribution in [0.2, 0.25) is 0 Å². The molecular weight excluding hydrogens is 388 g/mol. The van der Waals surface area contributed by atoms with Crippen LogP contribution in [0.25, 0.3) is 10.9 Å². The average molecular weight is 415 g/mol. The molecule has 158 valence electrons. The lowest BCUT2D eigenvalue weighted by Gasteiger charge is -2.36. The number of nitrogens with zero attached hydrogens (tertiary/aromatic N) is 3. The summed E-state index contributed by atoms with van der Waals surface area (Å²) in [6.45, 7) is 5.44. The van der Waals surface area contributed by atoms with Gasteiger partial charge in [0.25, 0.3) is 0 Å². The van der Waals surface area contributed by atoms with Crippen LogP contribution in [0.1, 0.15) is 35.5 Å². The first-order valence-electron chi connectivity index (χ1n) is 10.8. The van der Waals surface area contributed by atoms with E-state index in [9.17, 15) is 4.79 Å². The zero-order valence-corrected chi connectivity index (χ0v) is 17.8. The van der Waals surface area contributed by atoms with E-state index in [2.05, 4.69) is 40.4 Å². The molecule has 31 heavy (non-hydrogen) atoms. The van der Waals surface area contributed by atoms with Gasteiger partial charge in [-0.1, -0.05) is 30.3 Å². The predicted molar refractivity (Wildman–Crippen MR) is 120 cm³/mol. The minimum Gasteiger partial charge on any atom is -0.494 e. The van der Waals surface area contributed by atoms with Crippen molar-refractivity contribution in [3.8, 4) is 5.75 Å². The van der Waals surface area contributed by atoms with Gasteiger partial charge in [0, 0.05) is 29.3 Å². The van der Waals surface area contributed by atoms with Gasteiger partial charge < -0.3 is 14.6 Å². The van der Waals surface area contributed by atoms with E-state index in [1.807, 2.05) is 49.2 Å². The van der Waals surface area contributed by atoms with Gasteiger partial charge >= 0.3 is 0 Å². The van der Waals surface area contributed by atoms with Gasteiger partial charge in [0.1, 0.15) is 12.3 Å². The minimum absolute atomic E-state index is 0.0614. The smallest absolute Gasteiger partial charge is 0.245 e. The van der Waals surface area contributed by atoms with Gasteiger partial charge in [-0.15, -0.1) is 0 Å². The summed E-state index contributed by atoms with van der Waals surface area (Å²) in [6, 6.07) is 18.2. The Kier molecular flexibility index (Phi) is 4.98. The Labute approximate surface area is 181 Å². The number of ether oxygens (including phenoxy) is 1. The van der Waals surface area contributed by atoms with Crippen LogP contribution in [0, 0.1) is 6.92 Å². The lowest BCUT2D eigenvalue weighted by Crippen LogP contribution is -2.42. The van der Waals surface area contributed by atoms with Gasteiger partial charge in [0.2, 0.25) is 5.91 Å². The number of amides is 1. The van der Waals surface area contributed by atoms with Crippen molar-refractivity contribution in [2.45, 2.75) is 32.9 Å². The normalized spacial score (nSPS) is 15.8. The van der Waals surface area contributed by atoms with Gasteiger partial charge in [-0.3, -0.25) is 9.48 Å². The number of carbonyl (C=O) groups excluding carboxylic acids is 1. The summed E-state index contributed by atoms with van der Waals surface area (Å²) in [4.78, 5) is 19.0. The quantitative estimate of drug-likeness (QED) is 0.531. The molecule has 0 radical (unpaired) electrons. The number of hydrogen-bond donors (Lipinski definition) is 1. The van der Waals surface area contributed by atoms with Crippen molar-refractivity contribution in [2.75, 3.05) is 13.2 Å². The van der Waals surface area contributed by atoms with Crippen LogP contribution in [-0.2, 0) is 17.8 Å². The predicted octanol–water partition coefficient (Wildman–Crippen LogP) is 4.25. The third kappa shape index (κ3) is 3.58. The van der Waals surface area contributed by atoms with Crippen molar-refractivity contribution in [2.24, 2.45) is 0 Å². The van der Waals surface area contributed by atoms with Crippen LogP contribution >= 0.6 is 0 Å². The zero-order valence-electron chi connectivity index (χ0n) is 17.8. The molecule has 5 rings (SSSR count). The Morgan fingerprint density at radius 3 is 2.71 bits per heavy atom. The SMILES string of the molecule is CCOc1ccc([C@@H]2c3[nH]c4ccccc4c3CCN2C(=O)Cn2ccc(C)n2)cc1. The number of fused-ring (bicyclic) bond motifs is 3. The first-order chi connectivity index (χ1) is 15.1. The highest BCUT2D eigenvalue weighted by Gasteiger charge is 2.34. The van der Waals surface area contributed by atoms with Crippen molar-refractivity contribution in [3.05, 3.63) is 83.3 Å². The molecule has 1 N–H and O–H groups in total. The van der Waals surface area contributed by atoms with Crippen LogP contribution < -0.4 is 4.74 Å². The highest BCUT2D eigenvalue weighted by molar-refractivity contribution is 5.86. The summed E-state index contributed by atoms with van der Waals surface area (Å²) in [7, 11) is 0. The van der Waals surface area contributed by atoms with Crippen LogP contribution in [0.15, 0.2) is 60.8 Å². The standard InChI is InChI=1S/C25H26N4O2/c1-3-31-19-10-8-18(9-11-19)25-24-21(20-6-4-5-7-22(20)26-24)13-15-29(25)23(30)16-28-14-12-17(2)27-28/h4-12,14,25-26H,3,13,15-16H2,1-2H3/t25-/m1/s1. The molecule has 0 saturated heterocycles. The summed E-state index contributed by atoms with van der Waals surface area (Å²) < 4.78 is 7.34. The summed E-state index contributed by atoms with van der Waals surface area (Å²) in [5, 5.41) is 5.64. The van der Waals surface area contributed by atoms with Crippen molar-refractivity contribution < 1.29 is 9.53 Å². The molecule has 1 aliphatic heterocycles. The van der Waals surface area contributed by atoms with Crippen molar-refractivity contribution >= 4 is 16.8 Å². The molecule has 2 aromatic heterocycles. The first-order valence-corrected chi connectivity index (χ1v) is 10.8. The summed E-state index contributed by atoms with van der Waals surface area (Å²) >= 11 is 0. The van der Waals surface area contributed by atoms with Gasteiger partial charge in [-0.2, -0.15) is 5.10 Å². The van der Waals surface area contributed by atoms with Gasteiger partial charge in [0.15, 0.2) is 0 Å². The molecule has 0 saturated carbocycles. The maximum atomic E-state index is 13.4. The maximum absolute atomic E-state index is 13.4. The third-order valence-corrected chi connectivity index (χ3v) is 5.93. The van der Waals surface area contributed by atoms with E-state index < -0.39 is 0 Å². The molecule has 4 aromatic rings. The number of aromatic nitrogens is 3. The topological polar surface area (TPSA) is 63.1 Å². The fraction of sp³-hybridized carbons (Fsp3) is 0.280. The van der Waals surface area contributed by atoms with E-state index in [1.54, 1.807) is 4.68 Å². The number of aromatic amines is 1. The van der Waals surface area contributed by atoms with Crippen LogP contribution in [0.3, 0.4) is 0 Å². The highest BCUT2D eigenvalue weighted by atomic mass is 16.5. The zero-order chi connectivity index (χ0) is 21.4. The van der Waals surface area contributed by atoms with Crippen molar-refractivity contribution in [3.63, 3.8) is 0 Å². The number of hydrogen-bond acceptors (Lipinski definition) is 3. The monoisotopic (exact) mass is 414 g/mol. The molecule has 6 nitrogen and oxygen atoms in total. The lowest BCUT2D eigenvalue weighted by molar-refractivity contribution is -0.134. The van der Waals surface area contributed by atoms with Gasteiger partial charge in [-0.05, 0) is 55.7 Å². The van der Waals surface area contributed by atoms with E-state index in [1.165, 1.54) is 10.9 Å². The number of aryl methyl sites for hydroxylation is 1. The molecule has 3 heterocycles. The molecule has 2 aromatic carbocycles. The molecular formula is C25H26N4O2. The van der Waals surface area contributed by atoms with E-state index >= 15 is 0 Å². The van der Waals surface area contributed by atoms with Crippen LogP contribution in [0.4, 0.5) is 0 Å². The number of benzene rings is 2. The second-order valence-electron chi connectivity index (χ2n) is 7.96. The first kappa shape index (κ1) is 19.4. The number of para-hydroxylation sites is 1. The molecule has 0 unspecified atom stereocenters. The third-order valence-electron chi connectivity index (χ3n) is 5.93. The van der Waals surface area contributed by atoms with Crippen LogP contribution in [0.5, 0.6) is 5.75 Å². The van der Waals surface area contributed by atoms with E-state index in [0.717, 1.165) is 34.6 Å². The van der Waals surface area contributed by atoms with Crippen molar-refractivity contribution in [1.82, 2.24) is 19.7 Å². The van der Waals surface area contributed by atoms with Gasteiger partial charge in [0.05, 0.1) is 18.3 Å². The molecule has 1 amide bonds. The molecule has 0 fully saturated rings. The van der Waals surface area contributed by atoms with Gasteiger partial charge in [-0.25, -0.2) is 0 Å². The van der Waals surface area contributed by atoms with Crippen LogP contribution in [-0.4, -0.2) is 38.7 Å². The fourth-order valence-corrected chi connectivity index (χ4v) is 4.55. The second-order valence-corrected chi connectivity index (χ2v) is 7.96. The summed E-state index contributed by atoms with van der Waals surface area (Å²) in [5.41, 5.74) is 5.49. The fourth-order valence-electron chi connectivity index (χ4n) is 4.55. The lowest BCUT2D eigenvalue weighted by atomic mass is 9.92. The Bertz CT molecular complexity index is 1220. The number of nitrogens with one attached hydrogen (secondary N) is 1. The summed E-state index contributed by atoms with van der Waals surface area (Å²) in [6.07, 6.45) is 2.69. The van der Waals surface area contributed by atoms with E-state index in [4.69, 9.17) is 4.74 Å². The summed E-state index contributed by atoms with van der Waals surface area (Å²) in [5.74, 6) is 0.898. The maximum Gasteiger partial charge on any atom is 0.245 e. The Morgan fingerprint density at radius 2 is 1.97 bits per heavy atom. The molecule has 0 spiro atoms. The minimum atomic E-state index is -0.170. The molecule has 6 heteroatoms. The largest absolute Gasteiger partial charge is 0.494 e. The number of H-pyrrole nitrogens is 1. The molecule has 0 bridgehead atoms. The van der Waals surface area contributed by atoms with Crippen molar-refractivity contribution in [1.29, 1.82) is 0 Å². The Balaban J connectivity index is 1.56. The molecule has 0 aliphatic carbocycles. The average Bonchev–Trinajstić information content (AvgIpc) is 3.36.